The molecule has 1 amide bonds. The summed E-state index contributed by atoms with van der Waals surface area (Å²) < 4.78 is 6.36. The van der Waals surface area contributed by atoms with Crippen LogP contribution in [-0.4, -0.2) is 40.3 Å². The van der Waals surface area contributed by atoms with Gasteiger partial charge < -0.3 is 14.6 Å². The fourth-order valence-corrected chi connectivity index (χ4v) is 4.14. The number of rotatable bonds is 6. The number of ether oxygens (including phenoxy) is 1. The molecule has 7 nitrogen and oxygen atoms in total. The fourth-order valence-electron chi connectivity index (χ4n) is 3.25. The zero-order chi connectivity index (χ0) is 20.4. The van der Waals surface area contributed by atoms with Gasteiger partial charge in [-0.05, 0) is 31.2 Å². The van der Waals surface area contributed by atoms with Gasteiger partial charge in [-0.2, -0.15) is 5.10 Å². The smallest absolute Gasteiger partial charge is 0.348 e. The highest BCUT2D eigenvalue weighted by atomic mass is 32.1. The highest BCUT2D eigenvalue weighted by Gasteiger charge is 2.19. The predicted octanol–water partition coefficient (Wildman–Crippen LogP) is 3.93. The van der Waals surface area contributed by atoms with Crippen LogP contribution >= 0.6 is 11.3 Å². The van der Waals surface area contributed by atoms with Gasteiger partial charge in [-0.3, -0.25) is 9.48 Å². The van der Waals surface area contributed by atoms with Crippen LogP contribution in [-0.2, 0) is 16.1 Å². The number of esters is 1. The number of likely N-dealkylation sites (N-methyl/N-ethyl adjacent to an activating group) is 1. The normalized spacial score (nSPS) is 11.0. The quantitative estimate of drug-likeness (QED) is 0.490. The average molecular weight is 408 g/mol. The van der Waals surface area contributed by atoms with Crippen LogP contribution in [0, 0.1) is 0 Å². The molecule has 3 heterocycles. The van der Waals surface area contributed by atoms with Crippen LogP contribution in [0.4, 0.5) is 5.69 Å². The van der Waals surface area contributed by atoms with E-state index in [4.69, 9.17) is 4.74 Å². The van der Waals surface area contributed by atoms with Gasteiger partial charge >= 0.3 is 5.97 Å². The number of nitrogens with one attached hydrogen (secondary N) is 1. The Hall–Kier alpha value is -3.39. The number of nitrogens with zero attached hydrogens (tertiary/aromatic N) is 3. The second-order valence-electron chi connectivity index (χ2n) is 6.41. The molecule has 0 unspecified atom stereocenters. The topological polar surface area (TPSA) is 80.2 Å². The number of carbonyl (C=O) groups is 2. The highest BCUT2D eigenvalue weighted by molar-refractivity contribution is 7.17. The minimum atomic E-state index is -0.367. The maximum Gasteiger partial charge on any atom is 0.348 e. The van der Waals surface area contributed by atoms with E-state index in [1.807, 2.05) is 49.5 Å². The van der Waals surface area contributed by atoms with Crippen molar-refractivity contribution >= 4 is 39.8 Å². The maximum absolute atomic E-state index is 13.0. The zero-order valence-corrected chi connectivity index (χ0v) is 16.9. The van der Waals surface area contributed by atoms with Gasteiger partial charge in [0.2, 0.25) is 5.91 Å². The first-order valence-corrected chi connectivity index (χ1v) is 10.0. The Kier molecular flexibility index (Phi) is 5.18. The molecular formula is C21H20N4O3S. The molecule has 0 aliphatic heterocycles. The SMILES string of the molecule is CCN(C(=O)Cn1ccc(-c2ccc(C(=O)OC)s2)n1)c1c[nH]c2ccccc12. The molecular weight excluding hydrogens is 388 g/mol. The van der Waals surface area contributed by atoms with Crippen molar-refractivity contribution in [3.63, 3.8) is 0 Å². The maximum atomic E-state index is 13.0. The van der Waals surface area contributed by atoms with Crippen molar-refractivity contribution in [2.24, 2.45) is 0 Å². The molecule has 0 atom stereocenters. The summed E-state index contributed by atoms with van der Waals surface area (Å²) >= 11 is 1.31. The average Bonchev–Trinajstić information content (AvgIpc) is 3.48. The molecule has 3 aromatic heterocycles. The van der Waals surface area contributed by atoms with E-state index in [1.165, 1.54) is 18.4 Å². The molecule has 0 fully saturated rings. The Labute approximate surface area is 171 Å². The van der Waals surface area contributed by atoms with E-state index in [9.17, 15) is 9.59 Å². The Morgan fingerprint density at radius 1 is 1.21 bits per heavy atom. The molecule has 0 spiro atoms. The van der Waals surface area contributed by atoms with Gasteiger partial charge in [0.25, 0.3) is 0 Å². The summed E-state index contributed by atoms with van der Waals surface area (Å²) in [6.07, 6.45) is 3.63. The molecule has 1 N–H and O–H groups in total. The summed E-state index contributed by atoms with van der Waals surface area (Å²) in [5.74, 6) is -0.415. The van der Waals surface area contributed by atoms with E-state index in [0.29, 0.717) is 17.1 Å². The van der Waals surface area contributed by atoms with Gasteiger partial charge in [-0.1, -0.05) is 18.2 Å². The molecule has 0 bridgehead atoms. The third kappa shape index (κ3) is 3.66. The van der Waals surface area contributed by atoms with Crippen LogP contribution in [0.2, 0.25) is 0 Å². The summed E-state index contributed by atoms with van der Waals surface area (Å²) in [5.41, 5.74) is 2.57. The molecule has 0 saturated carbocycles. The number of hydrogen-bond acceptors (Lipinski definition) is 5. The number of benzene rings is 1. The van der Waals surface area contributed by atoms with Crippen molar-refractivity contribution in [2.45, 2.75) is 13.5 Å². The second kappa shape index (κ2) is 7.92. The number of thiophene rings is 1. The molecule has 0 aliphatic carbocycles. The Bertz CT molecular complexity index is 1170. The van der Waals surface area contributed by atoms with Gasteiger partial charge in [-0.15, -0.1) is 11.3 Å². The number of anilines is 1. The summed E-state index contributed by atoms with van der Waals surface area (Å²) in [4.78, 5) is 30.9. The van der Waals surface area contributed by atoms with Crippen LogP contribution in [0.15, 0.2) is 54.9 Å². The number of para-hydroxylation sites is 1. The molecule has 0 aliphatic rings. The van der Waals surface area contributed by atoms with Crippen molar-refractivity contribution in [3.8, 4) is 10.6 Å². The molecule has 8 heteroatoms. The van der Waals surface area contributed by atoms with Gasteiger partial charge in [0, 0.05) is 29.8 Å². The molecule has 29 heavy (non-hydrogen) atoms. The number of hydrogen-bond donors (Lipinski definition) is 1. The molecule has 148 valence electrons. The molecule has 4 rings (SSSR count). The monoisotopic (exact) mass is 408 g/mol. The number of fused-ring (bicyclic) bond motifs is 1. The highest BCUT2D eigenvalue weighted by Crippen LogP contribution is 2.28. The van der Waals surface area contributed by atoms with Crippen molar-refractivity contribution in [2.75, 3.05) is 18.6 Å². The largest absolute Gasteiger partial charge is 0.465 e. The first kappa shape index (κ1) is 18.9. The minimum Gasteiger partial charge on any atom is -0.465 e. The number of amides is 1. The van der Waals surface area contributed by atoms with E-state index in [2.05, 4.69) is 10.1 Å². The summed E-state index contributed by atoms with van der Waals surface area (Å²) in [5, 5.41) is 5.51. The van der Waals surface area contributed by atoms with E-state index in [0.717, 1.165) is 21.5 Å². The third-order valence-electron chi connectivity index (χ3n) is 4.66. The van der Waals surface area contributed by atoms with Crippen LogP contribution in [0.25, 0.3) is 21.5 Å². The molecule has 0 saturated heterocycles. The minimum absolute atomic E-state index is 0.0478. The summed E-state index contributed by atoms with van der Waals surface area (Å²) in [7, 11) is 1.36. The molecule has 0 radical (unpaired) electrons. The lowest BCUT2D eigenvalue weighted by Crippen LogP contribution is -2.33. The predicted molar refractivity (Wildman–Crippen MR) is 113 cm³/mol. The third-order valence-corrected chi connectivity index (χ3v) is 5.75. The van der Waals surface area contributed by atoms with E-state index >= 15 is 0 Å². The van der Waals surface area contributed by atoms with Crippen LogP contribution in [0.3, 0.4) is 0 Å². The van der Waals surface area contributed by atoms with Gasteiger partial charge in [-0.25, -0.2) is 4.79 Å². The second-order valence-corrected chi connectivity index (χ2v) is 7.50. The summed E-state index contributed by atoms with van der Waals surface area (Å²) in [6, 6.07) is 13.3. The van der Waals surface area contributed by atoms with Crippen LogP contribution in [0.5, 0.6) is 0 Å². The number of aromatic amines is 1. The lowest BCUT2D eigenvalue weighted by Gasteiger charge is -2.20. The zero-order valence-electron chi connectivity index (χ0n) is 16.1. The number of carbonyl (C=O) groups excluding carboxylic acids is 2. The standard InChI is InChI=1S/C21H20N4O3S/c1-3-25(17-12-22-15-7-5-4-6-14(15)17)20(26)13-24-11-10-16(23-24)18-8-9-19(29-18)21(27)28-2/h4-12,22H,3,13H2,1-2H3. The molecule has 1 aromatic carbocycles. The van der Waals surface area contributed by atoms with Gasteiger partial charge in [0.1, 0.15) is 17.1 Å². The van der Waals surface area contributed by atoms with Crippen LogP contribution < -0.4 is 4.90 Å². The Morgan fingerprint density at radius 2 is 2.03 bits per heavy atom. The van der Waals surface area contributed by atoms with Crippen LogP contribution in [0.1, 0.15) is 16.6 Å². The first-order valence-electron chi connectivity index (χ1n) is 9.19. The first-order chi connectivity index (χ1) is 14.1. The lowest BCUT2D eigenvalue weighted by molar-refractivity contribution is -0.119. The number of H-pyrrole nitrogens is 1. The Balaban J connectivity index is 1.52. The van der Waals surface area contributed by atoms with E-state index in [-0.39, 0.29) is 18.4 Å². The summed E-state index contributed by atoms with van der Waals surface area (Å²) in [6.45, 7) is 2.64. The molecule has 4 aromatic rings. The van der Waals surface area contributed by atoms with Crippen molar-refractivity contribution in [1.29, 1.82) is 0 Å². The van der Waals surface area contributed by atoms with E-state index in [1.54, 1.807) is 21.8 Å². The Morgan fingerprint density at radius 3 is 2.83 bits per heavy atom. The van der Waals surface area contributed by atoms with Gasteiger partial charge in [0.15, 0.2) is 0 Å². The lowest BCUT2D eigenvalue weighted by atomic mass is 10.2. The van der Waals surface area contributed by atoms with Gasteiger partial charge in [0.05, 0.1) is 17.7 Å². The number of aromatic nitrogens is 3. The van der Waals surface area contributed by atoms with E-state index < -0.39 is 0 Å². The van der Waals surface area contributed by atoms with Crippen molar-refractivity contribution in [1.82, 2.24) is 14.8 Å². The fraction of sp³-hybridized carbons (Fsp3) is 0.190. The van der Waals surface area contributed by atoms with Crippen molar-refractivity contribution < 1.29 is 14.3 Å². The number of methoxy groups -OCH3 is 1. The van der Waals surface area contributed by atoms with Crippen molar-refractivity contribution in [3.05, 3.63) is 59.7 Å².